The van der Waals surface area contributed by atoms with E-state index < -0.39 is 23.6 Å². The smallest absolute Gasteiger partial charge is 0.548 e. The van der Waals surface area contributed by atoms with Crippen molar-refractivity contribution in [3.05, 3.63) is 71.6 Å². The molecule has 4 nitrogen and oxygen atoms in total. The third kappa shape index (κ3) is 5.21. The van der Waals surface area contributed by atoms with E-state index in [9.17, 15) is 18.7 Å². The molecule has 0 fully saturated rings. The average Bonchev–Trinajstić information content (AvgIpc) is 2.50. The van der Waals surface area contributed by atoms with Gasteiger partial charge in [-0.15, -0.1) is 0 Å². The molecule has 0 aliphatic heterocycles. The predicted octanol–water partition coefficient (Wildman–Crippen LogP) is -1.74. The maximum atomic E-state index is 14.0. The zero-order chi connectivity index (χ0) is 16.1. The van der Waals surface area contributed by atoms with Crippen LogP contribution in [0.1, 0.15) is 17.5 Å². The van der Waals surface area contributed by atoms with Gasteiger partial charge in [-0.2, -0.15) is 0 Å². The first-order chi connectivity index (χ1) is 10.5. The standard InChI is InChI=1S/C16H14F2N2O2.Na/c17-11-3-4-13(14(18)8-11)12(5-6-15(19)16(21)22)10-2-1-7-20-9-10;/h1-5,7-9,15H,6,19H2,(H,21,22);/q;+1/p-1/b12-5+;. The molecule has 1 heterocycles. The van der Waals surface area contributed by atoms with Crippen LogP contribution >= 0.6 is 0 Å². The van der Waals surface area contributed by atoms with Crippen LogP contribution in [0.15, 0.2) is 48.8 Å². The Hall–Kier alpha value is -1.60. The van der Waals surface area contributed by atoms with Gasteiger partial charge in [-0.3, -0.25) is 4.98 Å². The van der Waals surface area contributed by atoms with Crippen molar-refractivity contribution in [2.24, 2.45) is 5.73 Å². The molecule has 1 aromatic heterocycles. The molecule has 0 bridgehead atoms. The van der Waals surface area contributed by atoms with Crippen molar-refractivity contribution in [1.82, 2.24) is 4.98 Å². The molecule has 0 amide bonds. The Morgan fingerprint density at radius 3 is 2.65 bits per heavy atom. The summed E-state index contributed by atoms with van der Waals surface area (Å²) in [7, 11) is 0. The maximum Gasteiger partial charge on any atom is 1.00 e. The normalized spacial score (nSPS) is 12.4. The summed E-state index contributed by atoms with van der Waals surface area (Å²) >= 11 is 0. The van der Waals surface area contributed by atoms with Crippen molar-refractivity contribution >= 4 is 11.5 Å². The molecule has 7 heteroatoms. The largest absolute Gasteiger partial charge is 1.00 e. The predicted molar refractivity (Wildman–Crippen MR) is 75.3 cm³/mol. The molecular formula is C16H13F2N2NaO2. The summed E-state index contributed by atoms with van der Waals surface area (Å²) in [6.45, 7) is 0. The fraction of sp³-hybridized carbons (Fsp3) is 0.125. The van der Waals surface area contributed by atoms with E-state index in [0.717, 1.165) is 12.1 Å². The monoisotopic (exact) mass is 326 g/mol. The molecule has 0 aliphatic carbocycles. The van der Waals surface area contributed by atoms with E-state index in [2.05, 4.69) is 4.98 Å². The molecule has 2 N–H and O–H groups in total. The third-order valence-corrected chi connectivity index (χ3v) is 3.07. The molecule has 0 aliphatic rings. The van der Waals surface area contributed by atoms with Crippen LogP contribution in [0.5, 0.6) is 0 Å². The number of nitrogens with zero attached hydrogens (tertiary/aromatic N) is 1. The van der Waals surface area contributed by atoms with E-state index in [-0.39, 0.29) is 41.5 Å². The Kier molecular flexibility index (Phi) is 7.51. The zero-order valence-corrected chi connectivity index (χ0v) is 14.5. The number of aromatic nitrogens is 1. The minimum atomic E-state index is -1.40. The van der Waals surface area contributed by atoms with Crippen LogP contribution < -0.4 is 40.4 Å². The summed E-state index contributed by atoms with van der Waals surface area (Å²) in [4.78, 5) is 14.6. The van der Waals surface area contributed by atoms with Crippen molar-refractivity contribution in [3.8, 4) is 0 Å². The topological polar surface area (TPSA) is 79.0 Å². The number of pyridine rings is 1. The summed E-state index contributed by atoms with van der Waals surface area (Å²) in [5.74, 6) is -2.85. The second kappa shape index (κ2) is 8.88. The molecule has 0 saturated carbocycles. The first-order valence-corrected chi connectivity index (χ1v) is 6.51. The number of carbonyl (C=O) groups is 1. The number of carboxylic acid groups (broad SMARTS) is 1. The van der Waals surface area contributed by atoms with Crippen LogP contribution in [-0.4, -0.2) is 17.0 Å². The van der Waals surface area contributed by atoms with E-state index in [1.54, 1.807) is 18.3 Å². The summed E-state index contributed by atoms with van der Waals surface area (Å²) < 4.78 is 27.1. The van der Waals surface area contributed by atoms with E-state index in [1.165, 1.54) is 18.3 Å². The number of carboxylic acids is 1. The van der Waals surface area contributed by atoms with Crippen LogP contribution in [0.3, 0.4) is 0 Å². The Morgan fingerprint density at radius 1 is 1.35 bits per heavy atom. The first-order valence-electron chi connectivity index (χ1n) is 6.51. The van der Waals surface area contributed by atoms with Gasteiger partial charge in [-0.25, -0.2) is 8.78 Å². The molecule has 1 aromatic carbocycles. The van der Waals surface area contributed by atoms with Crippen molar-refractivity contribution in [3.63, 3.8) is 0 Å². The van der Waals surface area contributed by atoms with Crippen molar-refractivity contribution in [1.29, 1.82) is 0 Å². The molecule has 1 unspecified atom stereocenters. The second-order valence-electron chi connectivity index (χ2n) is 4.64. The zero-order valence-electron chi connectivity index (χ0n) is 12.5. The SMILES string of the molecule is NC(C/C=C(\c1cccnc1)c1ccc(F)cc1F)C(=O)[O-].[Na+]. The molecular weight excluding hydrogens is 313 g/mol. The van der Waals surface area contributed by atoms with E-state index in [0.29, 0.717) is 11.1 Å². The Labute approximate surface area is 154 Å². The number of halogens is 2. The van der Waals surface area contributed by atoms with E-state index >= 15 is 0 Å². The van der Waals surface area contributed by atoms with Crippen molar-refractivity contribution < 1.29 is 48.2 Å². The summed E-state index contributed by atoms with van der Waals surface area (Å²) in [6, 6.07) is 5.30. The van der Waals surface area contributed by atoms with Gasteiger partial charge in [0.1, 0.15) is 11.6 Å². The number of benzene rings is 1. The van der Waals surface area contributed by atoms with Crippen LogP contribution in [0.2, 0.25) is 0 Å². The van der Waals surface area contributed by atoms with Crippen molar-refractivity contribution in [2.45, 2.75) is 12.5 Å². The summed E-state index contributed by atoms with van der Waals surface area (Å²) in [5.41, 5.74) is 6.51. The summed E-state index contributed by atoms with van der Waals surface area (Å²) in [5, 5.41) is 10.7. The second-order valence-corrected chi connectivity index (χ2v) is 4.64. The van der Waals surface area contributed by atoms with Gasteiger partial charge in [0, 0.05) is 35.6 Å². The van der Waals surface area contributed by atoms with Crippen LogP contribution in [0.25, 0.3) is 5.57 Å². The van der Waals surface area contributed by atoms with Gasteiger partial charge in [-0.1, -0.05) is 12.1 Å². The van der Waals surface area contributed by atoms with Gasteiger partial charge in [0.2, 0.25) is 0 Å². The van der Waals surface area contributed by atoms with Gasteiger partial charge in [-0.05, 0) is 30.2 Å². The number of carbonyl (C=O) groups excluding carboxylic acids is 1. The number of hydrogen-bond donors (Lipinski definition) is 1. The minimum absolute atomic E-state index is 0. The fourth-order valence-electron chi connectivity index (χ4n) is 1.95. The van der Waals surface area contributed by atoms with Gasteiger partial charge >= 0.3 is 29.6 Å². The Morgan fingerprint density at radius 2 is 2.09 bits per heavy atom. The minimum Gasteiger partial charge on any atom is -0.548 e. The molecule has 114 valence electrons. The number of aliphatic carboxylic acids is 1. The van der Waals surface area contributed by atoms with Crippen LogP contribution in [0, 0.1) is 11.6 Å². The first kappa shape index (κ1) is 19.4. The molecule has 2 aromatic rings. The molecule has 0 radical (unpaired) electrons. The van der Waals surface area contributed by atoms with E-state index in [4.69, 9.17) is 5.73 Å². The average molecular weight is 326 g/mol. The van der Waals surface area contributed by atoms with Gasteiger partial charge in [0.15, 0.2) is 0 Å². The molecule has 0 saturated heterocycles. The quantitative estimate of drug-likeness (QED) is 0.662. The van der Waals surface area contributed by atoms with Gasteiger partial charge in [0.05, 0.1) is 5.97 Å². The number of rotatable bonds is 5. The Balaban J connectivity index is 0.00000264. The molecule has 23 heavy (non-hydrogen) atoms. The maximum absolute atomic E-state index is 14.0. The van der Waals surface area contributed by atoms with Crippen molar-refractivity contribution in [2.75, 3.05) is 0 Å². The fourth-order valence-corrected chi connectivity index (χ4v) is 1.95. The summed E-state index contributed by atoms with van der Waals surface area (Å²) in [6.07, 6.45) is 4.48. The number of nitrogens with two attached hydrogens (primary N) is 1. The van der Waals surface area contributed by atoms with E-state index in [1.807, 2.05) is 0 Å². The Bertz CT molecular complexity index is 708. The van der Waals surface area contributed by atoms with Gasteiger partial charge in [0.25, 0.3) is 0 Å². The third-order valence-electron chi connectivity index (χ3n) is 3.07. The van der Waals surface area contributed by atoms with Gasteiger partial charge < -0.3 is 15.6 Å². The number of hydrogen-bond acceptors (Lipinski definition) is 4. The van der Waals surface area contributed by atoms with Crippen LogP contribution in [0.4, 0.5) is 8.78 Å². The molecule has 1 atom stereocenters. The van der Waals surface area contributed by atoms with Crippen LogP contribution in [-0.2, 0) is 4.79 Å². The molecule has 0 spiro atoms. The molecule has 2 rings (SSSR count).